The van der Waals surface area contributed by atoms with Crippen molar-refractivity contribution in [1.29, 1.82) is 0 Å². The summed E-state index contributed by atoms with van der Waals surface area (Å²) >= 11 is 0. The molecule has 0 aliphatic carbocycles. The third-order valence-corrected chi connectivity index (χ3v) is 3.20. The van der Waals surface area contributed by atoms with Crippen molar-refractivity contribution in [3.05, 3.63) is 29.8 Å². The number of alkyl halides is 3. The van der Waals surface area contributed by atoms with Gasteiger partial charge in [0.25, 0.3) is 5.91 Å². The normalized spacial score (nSPS) is 19.2. The molecule has 0 saturated carbocycles. The van der Waals surface area contributed by atoms with Crippen LogP contribution in [0.5, 0.6) is 5.75 Å². The van der Waals surface area contributed by atoms with Crippen molar-refractivity contribution in [2.45, 2.75) is 32.0 Å². The first kappa shape index (κ1) is 16.2. The topological polar surface area (TPSA) is 38.8 Å². The standard InChI is InChI=1S/C15H14F3NO3/c1-4-14(2,3)19-12(20)9-21-13(19)10-6-5-7-11(8-10)22-15(16,17)18/h1,5-8,13H,9H2,2-3H3. The van der Waals surface area contributed by atoms with Crippen LogP contribution in [-0.4, -0.2) is 29.3 Å². The fourth-order valence-electron chi connectivity index (χ4n) is 2.21. The number of amides is 1. The Morgan fingerprint density at radius 1 is 1.41 bits per heavy atom. The van der Waals surface area contributed by atoms with Crippen molar-refractivity contribution < 1.29 is 27.4 Å². The molecule has 1 aromatic carbocycles. The summed E-state index contributed by atoms with van der Waals surface area (Å²) in [7, 11) is 0. The Hall–Kier alpha value is -2.20. The van der Waals surface area contributed by atoms with Crippen LogP contribution >= 0.6 is 0 Å². The average molecular weight is 313 g/mol. The number of terminal acetylenes is 1. The molecule has 1 aliphatic rings. The second-order valence-electron chi connectivity index (χ2n) is 5.25. The molecule has 22 heavy (non-hydrogen) atoms. The van der Waals surface area contributed by atoms with E-state index >= 15 is 0 Å². The summed E-state index contributed by atoms with van der Waals surface area (Å²) in [6, 6.07) is 5.29. The van der Waals surface area contributed by atoms with Crippen molar-refractivity contribution in [2.24, 2.45) is 0 Å². The Balaban J connectivity index is 2.33. The first-order chi connectivity index (χ1) is 10.1. The van der Waals surface area contributed by atoms with Crippen LogP contribution in [0.3, 0.4) is 0 Å². The van der Waals surface area contributed by atoms with Gasteiger partial charge in [0.2, 0.25) is 0 Å². The molecule has 1 amide bonds. The number of carbonyl (C=O) groups is 1. The van der Waals surface area contributed by atoms with Crippen LogP contribution in [-0.2, 0) is 9.53 Å². The number of benzene rings is 1. The van der Waals surface area contributed by atoms with E-state index in [9.17, 15) is 18.0 Å². The molecular formula is C15H14F3NO3. The van der Waals surface area contributed by atoms with Gasteiger partial charge in [0.1, 0.15) is 17.9 Å². The third kappa shape index (κ3) is 3.34. The van der Waals surface area contributed by atoms with Crippen LogP contribution in [0.1, 0.15) is 25.6 Å². The maximum atomic E-state index is 12.3. The average Bonchev–Trinajstić information content (AvgIpc) is 2.80. The number of carbonyl (C=O) groups excluding carboxylic acids is 1. The van der Waals surface area contributed by atoms with Crippen molar-refractivity contribution >= 4 is 5.91 Å². The summed E-state index contributed by atoms with van der Waals surface area (Å²) in [6.07, 6.45) is -0.212. The molecule has 1 fully saturated rings. The predicted molar refractivity (Wildman–Crippen MR) is 71.6 cm³/mol. The lowest BCUT2D eigenvalue weighted by molar-refractivity contribution is -0.274. The first-order valence-electron chi connectivity index (χ1n) is 6.41. The predicted octanol–water partition coefficient (Wildman–Crippen LogP) is 2.85. The van der Waals surface area contributed by atoms with E-state index in [1.54, 1.807) is 19.9 Å². The van der Waals surface area contributed by atoms with Gasteiger partial charge in [-0.2, -0.15) is 0 Å². The van der Waals surface area contributed by atoms with Gasteiger partial charge >= 0.3 is 6.36 Å². The second-order valence-corrected chi connectivity index (χ2v) is 5.25. The molecule has 1 saturated heterocycles. The second kappa shape index (κ2) is 5.54. The van der Waals surface area contributed by atoms with E-state index in [4.69, 9.17) is 11.2 Å². The highest BCUT2D eigenvalue weighted by atomic mass is 19.4. The monoisotopic (exact) mass is 313 g/mol. The summed E-state index contributed by atoms with van der Waals surface area (Å²) in [5, 5.41) is 0. The molecule has 0 aromatic heterocycles. The van der Waals surface area contributed by atoms with Crippen molar-refractivity contribution in [2.75, 3.05) is 6.61 Å². The molecule has 1 aromatic rings. The molecule has 0 N–H and O–H groups in total. The Kier molecular flexibility index (Phi) is 4.07. The van der Waals surface area contributed by atoms with Crippen LogP contribution in [0, 0.1) is 12.3 Å². The van der Waals surface area contributed by atoms with E-state index in [1.807, 2.05) is 0 Å². The van der Waals surface area contributed by atoms with Crippen LogP contribution < -0.4 is 4.74 Å². The lowest BCUT2D eigenvalue weighted by atomic mass is 10.0. The molecule has 1 unspecified atom stereocenters. The van der Waals surface area contributed by atoms with Gasteiger partial charge in [-0.3, -0.25) is 9.69 Å². The van der Waals surface area contributed by atoms with Gasteiger partial charge in [-0.05, 0) is 26.0 Å². The van der Waals surface area contributed by atoms with Gasteiger partial charge in [-0.25, -0.2) is 0 Å². The molecule has 118 valence electrons. The molecule has 1 heterocycles. The van der Waals surface area contributed by atoms with E-state index in [2.05, 4.69) is 10.7 Å². The number of halogens is 3. The van der Waals surface area contributed by atoms with E-state index in [0.717, 1.165) is 0 Å². The number of hydrogen-bond acceptors (Lipinski definition) is 3. The number of ether oxygens (including phenoxy) is 2. The maximum absolute atomic E-state index is 12.3. The first-order valence-corrected chi connectivity index (χ1v) is 6.41. The minimum absolute atomic E-state index is 0.180. The van der Waals surface area contributed by atoms with Crippen molar-refractivity contribution in [3.63, 3.8) is 0 Å². The summed E-state index contributed by atoms with van der Waals surface area (Å²) in [5.74, 6) is 1.77. The Morgan fingerprint density at radius 3 is 2.68 bits per heavy atom. The number of hydrogen-bond donors (Lipinski definition) is 0. The zero-order valence-corrected chi connectivity index (χ0v) is 12.0. The van der Waals surface area contributed by atoms with Gasteiger partial charge in [0.05, 0.1) is 0 Å². The smallest absolute Gasteiger partial charge is 0.406 e. The van der Waals surface area contributed by atoms with Gasteiger partial charge in [-0.15, -0.1) is 19.6 Å². The largest absolute Gasteiger partial charge is 0.573 e. The Morgan fingerprint density at radius 2 is 2.09 bits per heavy atom. The fraction of sp³-hybridized carbons (Fsp3) is 0.400. The van der Waals surface area contributed by atoms with E-state index in [0.29, 0.717) is 5.56 Å². The SMILES string of the molecule is C#CC(C)(C)N1C(=O)COC1c1cccc(OC(F)(F)F)c1. The lowest BCUT2D eigenvalue weighted by Gasteiger charge is -2.34. The molecule has 0 bridgehead atoms. The minimum Gasteiger partial charge on any atom is -0.406 e. The zero-order valence-electron chi connectivity index (χ0n) is 12.0. The highest BCUT2D eigenvalue weighted by molar-refractivity contribution is 5.80. The summed E-state index contributed by atoms with van der Waals surface area (Å²) in [4.78, 5) is 13.3. The Bertz CT molecular complexity index is 619. The zero-order chi connectivity index (χ0) is 16.5. The highest BCUT2D eigenvalue weighted by Crippen LogP contribution is 2.35. The quantitative estimate of drug-likeness (QED) is 0.806. The summed E-state index contributed by atoms with van der Waals surface area (Å²) in [5.41, 5.74) is -0.574. The van der Waals surface area contributed by atoms with Crippen molar-refractivity contribution in [3.8, 4) is 18.1 Å². The van der Waals surface area contributed by atoms with Crippen LogP contribution in [0.25, 0.3) is 0 Å². The molecule has 7 heteroatoms. The molecular weight excluding hydrogens is 299 g/mol. The summed E-state index contributed by atoms with van der Waals surface area (Å²) < 4.78 is 46.1. The van der Waals surface area contributed by atoms with Crippen LogP contribution in [0.2, 0.25) is 0 Å². The molecule has 2 rings (SSSR count). The molecule has 0 radical (unpaired) electrons. The van der Waals surface area contributed by atoms with E-state index in [1.165, 1.54) is 23.1 Å². The number of rotatable bonds is 3. The highest BCUT2D eigenvalue weighted by Gasteiger charge is 2.42. The van der Waals surface area contributed by atoms with Crippen LogP contribution in [0.15, 0.2) is 24.3 Å². The van der Waals surface area contributed by atoms with Gasteiger partial charge < -0.3 is 9.47 Å². The van der Waals surface area contributed by atoms with Crippen molar-refractivity contribution in [1.82, 2.24) is 4.90 Å². The minimum atomic E-state index is -4.79. The number of nitrogens with zero attached hydrogens (tertiary/aromatic N) is 1. The summed E-state index contributed by atoms with van der Waals surface area (Å²) in [6.45, 7) is 3.13. The molecule has 0 spiro atoms. The van der Waals surface area contributed by atoms with Gasteiger partial charge in [-0.1, -0.05) is 18.1 Å². The van der Waals surface area contributed by atoms with E-state index < -0.39 is 18.1 Å². The maximum Gasteiger partial charge on any atom is 0.573 e. The van der Waals surface area contributed by atoms with Gasteiger partial charge in [0, 0.05) is 5.56 Å². The van der Waals surface area contributed by atoms with E-state index in [-0.39, 0.29) is 18.3 Å². The molecule has 1 aliphatic heterocycles. The Labute approximate surface area is 125 Å². The molecule has 4 nitrogen and oxygen atoms in total. The lowest BCUT2D eigenvalue weighted by Crippen LogP contribution is -2.45. The third-order valence-electron chi connectivity index (χ3n) is 3.20. The van der Waals surface area contributed by atoms with Gasteiger partial charge in [0.15, 0.2) is 6.23 Å². The van der Waals surface area contributed by atoms with Crippen LogP contribution in [0.4, 0.5) is 13.2 Å². The fourth-order valence-corrected chi connectivity index (χ4v) is 2.21. The molecule has 1 atom stereocenters.